The Morgan fingerprint density at radius 1 is 1.45 bits per heavy atom. The molecule has 1 N–H and O–H groups in total. The summed E-state index contributed by atoms with van der Waals surface area (Å²) in [6.45, 7) is 6.11. The molecule has 1 aliphatic heterocycles. The first-order chi connectivity index (χ1) is 9.60. The highest BCUT2D eigenvalue weighted by molar-refractivity contribution is 5.26. The van der Waals surface area contributed by atoms with E-state index in [9.17, 15) is 5.11 Å². The summed E-state index contributed by atoms with van der Waals surface area (Å²) in [4.78, 5) is 6.92. The van der Waals surface area contributed by atoms with Gasteiger partial charge in [0.15, 0.2) is 0 Å². The number of aromatic nitrogens is 1. The van der Waals surface area contributed by atoms with Crippen LogP contribution in [0.5, 0.6) is 5.88 Å². The van der Waals surface area contributed by atoms with Crippen LogP contribution in [0.2, 0.25) is 0 Å². The van der Waals surface area contributed by atoms with Gasteiger partial charge in [-0.15, -0.1) is 0 Å². The van der Waals surface area contributed by atoms with E-state index in [0.717, 1.165) is 17.7 Å². The molecule has 0 aliphatic carbocycles. The van der Waals surface area contributed by atoms with Crippen LogP contribution in [0.15, 0.2) is 12.1 Å². The maximum Gasteiger partial charge on any atom is 0.213 e. The van der Waals surface area contributed by atoms with Crippen molar-refractivity contribution in [3.8, 4) is 5.88 Å². The number of aliphatic hydroxyl groups is 1. The van der Waals surface area contributed by atoms with E-state index in [1.807, 2.05) is 12.1 Å². The number of pyridine rings is 1. The highest BCUT2D eigenvalue weighted by atomic mass is 16.5. The van der Waals surface area contributed by atoms with Crippen LogP contribution >= 0.6 is 0 Å². The van der Waals surface area contributed by atoms with Crippen LogP contribution in [0, 0.1) is 0 Å². The van der Waals surface area contributed by atoms with Crippen LogP contribution in [0.25, 0.3) is 0 Å². The molecule has 20 heavy (non-hydrogen) atoms. The largest absolute Gasteiger partial charge is 0.478 e. The van der Waals surface area contributed by atoms with Crippen molar-refractivity contribution in [2.24, 2.45) is 0 Å². The summed E-state index contributed by atoms with van der Waals surface area (Å²) in [6.07, 6.45) is 3.59. The third-order valence-corrected chi connectivity index (χ3v) is 4.03. The van der Waals surface area contributed by atoms with Crippen molar-refractivity contribution in [2.45, 2.75) is 51.7 Å². The lowest BCUT2D eigenvalue weighted by Gasteiger charge is -2.19. The van der Waals surface area contributed by atoms with Crippen molar-refractivity contribution >= 4 is 0 Å². The fourth-order valence-corrected chi connectivity index (χ4v) is 2.69. The lowest BCUT2D eigenvalue weighted by Crippen LogP contribution is -2.26. The van der Waals surface area contributed by atoms with E-state index in [4.69, 9.17) is 4.74 Å². The summed E-state index contributed by atoms with van der Waals surface area (Å²) in [5.41, 5.74) is 1.85. The maximum absolute atomic E-state index is 9.31. The monoisotopic (exact) mass is 278 g/mol. The molecule has 1 saturated heterocycles. The molecule has 0 bridgehead atoms. The molecular formula is C16H26N2O2. The van der Waals surface area contributed by atoms with Gasteiger partial charge in [0.1, 0.15) is 0 Å². The highest BCUT2D eigenvalue weighted by Gasteiger charge is 2.20. The molecule has 0 spiro atoms. The number of aliphatic hydroxyl groups excluding tert-OH is 1. The fraction of sp³-hybridized carbons (Fsp3) is 0.688. The molecule has 0 saturated carbocycles. The van der Waals surface area contributed by atoms with Gasteiger partial charge in [-0.25, -0.2) is 4.98 Å². The summed E-state index contributed by atoms with van der Waals surface area (Å²) < 4.78 is 5.80. The fourth-order valence-electron chi connectivity index (χ4n) is 2.69. The summed E-state index contributed by atoms with van der Waals surface area (Å²) in [6, 6.07) is 4.42. The molecule has 112 valence electrons. The van der Waals surface area contributed by atoms with Gasteiger partial charge in [-0.2, -0.15) is 0 Å². The normalized spacial score (nSPS) is 19.8. The van der Waals surface area contributed by atoms with Crippen molar-refractivity contribution in [1.29, 1.82) is 0 Å². The number of ether oxygens (including phenoxy) is 1. The van der Waals surface area contributed by atoms with Gasteiger partial charge in [0.05, 0.1) is 13.2 Å². The van der Waals surface area contributed by atoms with Gasteiger partial charge in [0.25, 0.3) is 0 Å². The molecule has 1 unspecified atom stereocenters. The quantitative estimate of drug-likeness (QED) is 0.868. The lowest BCUT2D eigenvalue weighted by molar-refractivity contribution is 0.227. The summed E-state index contributed by atoms with van der Waals surface area (Å²) in [7, 11) is 2.18. The minimum atomic E-state index is 0.0317. The van der Waals surface area contributed by atoms with Gasteiger partial charge in [-0.1, -0.05) is 13.8 Å². The first-order valence-electron chi connectivity index (χ1n) is 7.55. The Labute approximate surface area is 121 Å². The molecule has 4 heteroatoms. The second kappa shape index (κ2) is 7.04. The van der Waals surface area contributed by atoms with Gasteiger partial charge < -0.3 is 14.7 Å². The van der Waals surface area contributed by atoms with E-state index in [0.29, 0.717) is 24.4 Å². The lowest BCUT2D eigenvalue weighted by atomic mass is 10.1. The zero-order valence-electron chi connectivity index (χ0n) is 12.8. The molecular weight excluding hydrogens is 252 g/mol. The Morgan fingerprint density at radius 3 is 2.85 bits per heavy atom. The van der Waals surface area contributed by atoms with Crippen molar-refractivity contribution in [2.75, 3.05) is 20.2 Å². The number of hydrogen-bond donors (Lipinski definition) is 1. The molecule has 1 atom stereocenters. The Hall–Kier alpha value is -1.13. The topological polar surface area (TPSA) is 45.6 Å². The number of likely N-dealkylation sites (tertiary alicyclic amines) is 1. The van der Waals surface area contributed by atoms with E-state index >= 15 is 0 Å². The zero-order chi connectivity index (χ0) is 14.5. The molecule has 0 amide bonds. The predicted molar refractivity (Wildman–Crippen MR) is 80.0 cm³/mol. The van der Waals surface area contributed by atoms with Crippen LogP contribution in [0.4, 0.5) is 0 Å². The van der Waals surface area contributed by atoms with Crippen LogP contribution in [-0.2, 0) is 6.61 Å². The average molecular weight is 278 g/mol. The molecule has 1 fully saturated rings. The second-order valence-corrected chi connectivity index (χ2v) is 5.97. The van der Waals surface area contributed by atoms with Gasteiger partial charge >= 0.3 is 0 Å². The maximum atomic E-state index is 9.31. The standard InChI is InChI=1S/C16H26N2O2/c1-12(2)15-9-13(11-19)10-16(17-15)20-8-6-14-5-4-7-18(14)3/h9-10,12,14,19H,4-8,11H2,1-3H3. The first kappa shape index (κ1) is 15.3. The van der Waals surface area contributed by atoms with Crippen molar-refractivity contribution in [3.63, 3.8) is 0 Å². The average Bonchev–Trinajstić information content (AvgIpc) is 2.84. The molecule has 0 radical (unpaired) electrons. The van der Waals surface area contributed by atoms with E-state index in [-0.39, 0.29) is 6.61 Å². The van der Waals surface area contributed by atoms with Gasteiger partial charge in [-0.05, 0) is 50.4 Å². The molecule has 1 aliphatic rings. The Balaban J connectivity index is 1.93. The third kappa shape index (κ3) is 3.93. The molecule has 0 aromatic carbocycles. The van der Waals surface area contributed by atoms with Crippen LogP contribution in [0.1, 0.15) is 50.3 Å². The van der Waals surface area contributed by atoms with Gasteiger partial charge in [0.2, 0.25) is 5.88 Å². The predicted octanol–water partition coefficient (Wildman–Crippen LogP) is 2.56. The SMILES string of the molecule is CC(C)c1cc(CO)cc(OCCC2CCCN2C)n1. The Kier molecular flexibility index (Phi) is 5.38. The first-order valence-corrected chi connectivity index (χ1v) is 7.55. The number of nitrogens with zero attached hydrogens (tertiary/aromatic N) is 2. The zero-order valence-corrected chi connectivity index (χ0v) is 12.8. The van der Waals surface area contributed by atoms with Crippen molar-refractivity contribution in [3.05, 3.63) is 23.4 Å². The molecule has 1 aromatic rings. The van der Waals surface area contributed by atoms with Crippen LogP contribution in [-0.4, -0.2) is 41.2 Å². The summed E-state index contributed by atoms with van der Waals surface area (Å²) in [5.74, 6) is 0.978. The van der Waals surface area contributed by atoms with Crippen molar-refractivity contribution in [1.82, 2.24) is 9.88 Å². The van der Waals surface area contributed by atoms with Crippen molar-refractivity contribution < 1.29 is 9.84 Å². The van der Waals surface area contributed by atoms with Crippen LogP contribution in [0.3, 0.4) is 0 Å². The second-order valence-electron chi connectivity index (χ2n) is 5.97. The molecule has 1 aromatic heterocycles. The molecule has 2 heterocycles. The molecule has 2 rings (SSSR count). The summed E-state index contributed by atoms with van der Waals surface area (Å²) >= 11 is 0. The third-order valence-electron chi connectivity index (χ3n) is 4.03. The number of hydrogen-bond acceptors (Lipinski definition) is 4. The van der Waals surface area contributed by atoms with E-state index in [1.54, 1.807) is 0 Å². The van der Waals surface area contributed by atoms with Gasteiger partial charge in [0, 0.05) is 17.8 Å². The minimum Gasteiger partial charge on any atom is -0.478 e. The number of rotatable bonds is 6. The Morgan fingerprint density at radius 2 is 2.25 bits per heavy atom. The van der Waals surface area contributed by atoms with E-state index in [2.05, 4.69) is 30.8 Å². The summed E-state index contributed by atoms with van der Waals surface area (Å²) in [5, 5.41) is 9.31. The highest BCUT2D eigenvalue weighted by Crippen LogP contribution is 2.21. The Bertz CT molecular complexity index is 434. The minimum absolute atomic E-state index is 0.0317. The molecule has 4 nitrogen and oxygen atoms in total. The van der Waals surface area contributed by atoms with E-state index < -0.39 is 0 Å². The smallest absolute Gasteiger partial charge is 0.213 e. The van der Waals surface area contributed by atoms with Crippen LogP contribution < -0.4 is 4.74 Å². The van der Waals surface area contributed by atoms with E-state index in [1.165, 1.54) is 19.4 Å². The van der Waals surface area contributed by atoms with Gasteiger partial charge in [-0.3, -0.25) is 0 Å².